The van der Waals surface area contributed by atoms with Crippen LogP contribution < -0.4 is 10.2 Å². The third-order valence-electron chi connectivity index (χ3n) is 5.12. The number of rotatable bonds is 4. The van der Waals surface area contributed by atoms with Crippen molar-refractivity contribution in [2.45, 2.75) is 18.2 Å². The Morgan fingerprint density at radius 2 is 1.90 bits per heavy atom. The van der Waals surface area contributed by atoms with Gasteiger partial charge in [-0.15, -0.1) is 18.5 Å². The Morgan fingerprint density at radius 1 is 1.13 bits per heavy atom. The summed E-state index contributed by atoms with van der Waals surface area (Å²) >= 11 is 0. The summed E-state index contributed by atoms with van der Waals surface area (Å²) < 4.78 is 14.6. The molecular formula is C22H23FN4OP2. The maximum absolute atomic E-state index is 14.6. The van der Waals surface area contributed by atoms with E-state index < -0.39 is 0 Å². The van der Waals surface area contributed by atoms with E-state index in [2.05, 4.69) is 38.7 Å². The topological polar surface area (TPSA) is 58.1 Å². The van der Waals surface area contributed by atoms with Crippen LogP contribution in [-0.2, 0) is 0 Å². The van der Waals surface area contributed by atoms with Gasteiger partial charge in [0.15, 0.2) is 5.82 Å². The summed E-state index contributed by atoms with van der Waals surface area (Å²) in [7, 11) is 5.72. The highest BCUT2D eigenvalue weighted by molar-refractivity contribution is 7.40. The highest BCUT2D eigenvalue weighted by atomic mass is 31.1. The normalized spacial score (nSPS) is 15.3. The van der Waals surface area contributed by atoms with E-state index in [1.807, 2.05) is 6.92 Å². The third kappa shape index (κ3) is 4.35. The van der Waals surface area contributed by atoms with E-state index in [-0.39, 0.29) is 16.6 Å². The standard InChI is InChI=1S/C22H23FN4OP2/c1-14-12-15(6-9-24-14)21(28)26-19-17(16-4-2-3-5-18(16)23)7-10-25-20(19)27-11-8-22(29,30)13-27/h2-7,9-10,12H,8,11,13,29-30H2,1H3,(H,26,28). The first-order chi connectivity index (χ1) is 14.3. The predicted molar refractivity (Wildman–Crippen MR) is 126 cm³/mol. The number of nitrogens with zero attached hydrogens (tertiary/aromatic N) is 3. The lowest BCUT2D eigenvalue weighted by molar-refractivity contribution is 0.102. The van der Waals surface area contributed by atoms with E-state index in [9.17, 15) is 9.18 Å². The monoisotopic (exact) mass is 440 g/mol. The number of pyridine rings is 2. The van der Waals surface area contributed by atoms with Crippen LogP contribution in [0.3, 0.4) is 0 Å². The van der Waals surface area contributed by atoms with Crippen molar-refractivity contribution in [2.75, 3.05) is 23.3 Å². The van der Waals surface area contributed by atoms with E-state index >= 15 is 0 Å². The van der Waals surface area contributed by atoms with Crippen molar-refractivity contribution in [2.24, 2.45) is 0 Å². The van der Waals surface area contributed by atoms with Crippen molar-refractivity contribution in [1.29, 1.82) is 0 Å². The van der Waals surface area contributed by atoms with Crippen molar-refractivity contribution < 1.29 is 9.18 Å². The predicted octanol–water partition coefficient (Wildman–Crippen LogP) is 4.50. The average molecular weight is 440 g/mol. The van der Waals surface area contributed by atoms with Crippen LogP contribution in [0.25, 0.3) is 11.1 Å². The lowest BCUT2D eigenvalue weighted by atomic mass is 10.0. The number of benzene rings is 1. The number of amides is 1. The molecule has 0 aliphatic carbocycles. The molecule has 2 unspecified atom stereocenters. The Bertz CT molecular complexity index is 1110. The van der Waals surface area contributed by atoms with Crippen molar-refractivity contribution in [3.8, 4) is 11.1 Å². The molecule has 0 spiro atoms. The summed E-state index contributed by atoms with van der Waals surface area (Å²) in [6, 6.07) is 11.7. The van der Waals surface area contributed by atoms with Crippen LogP contribution in [-0.4, -0.2) is 33.9 Å². The van der Waals surface area contributed by atoms with Gasteiger partial charge < -0.3 is 10.2 Å². The van der Waals surface area contributed by atoms with Crippen molar-refractivity contribution in [3.63, 3.8) is 0 Å². The minimum atomic E-state index is -0.349. The minimum absolute atomic E-state index is 0.0147. The van der Waals surface area contributed by atoms with Gasteiger partial charge in [0, 0.05) is 52.8 Å². The molecule has 3 heterocycles. The molecule has 4 rings (SSSR count). The zero-order valence-corrected chi connectivity index (χ0v) is 18.9. The van der Waals surface area contributed by atoms with Gasteiger partial charge in [0.2, 0.25) is 0 Å². The summed E-state index contributed by atoms with van der Waals surface area (Å²) in [6.07, 6.45) is 4.21. The van der Waals surface area contributed by atoms with E-state index in [1.165, 1.54) is 6.07 Å². The van der Waals surface area contributed by atoms with Crippen molar-refractivity contribution >= 4 is 35.9 Å². The molecule has 2 aromatic heterocycles. The molecule has 1 amide bonds. The van der Waals surface area contributed by atoms with E-state index in [0.717, 1.165) is 25.2 Å². The summed E-state index contributed by atoms with van der Waals surface area (Å²) in [5.74, 6) is 0.00831. The third-order valence-corrected chi connectivity index (χ3v) is 6.07. The van der Waals surface area contributed by atoms with Crippen molar-refractivity contribution in [3.05, 3.63) is 71.9 Å². The van der Waals surface area contributed by atoms with Crippen LogP contribution in [0.4, 0.5) is 15.9 Å². The van der Waals surface area contributed by atoms with Crippen LogP contribution in [0.15, 0.2) is 54.9 Å². The highest BCUT2D eigenvalue weighted by Crippen LogP contribution is 2.42. The van der Waals surface area contributed by atoms with Gasteiger partial charge in [-0.3, -0.25) is 9.78 Å². The molecule has 1 aromatic carbocycles. The Kier molecular flexibility index (Phi) is 5.81. The zero-order valence-electron chi connectivity index (χ0n) is 16.6. The number of aryl methyl sites for hydroxylation is 1. The number of aromatic nitrogens is 2. The van der Waals surface area contributed by atoms with Crippen LogP contribution in [0, 0.1) is 12.7 Å². The lowest BCUT2D eigenvalue weighted by Crippen LogP contribution is -2.26. The first-order valence-electron chi connectivity index (χ1n) is 9.65. The molecule has 1 N–H and O–H groups in total. The second-order valence-electron chi connectivity index (χ2n) is 7.58. The zero-order chi connectivity index (χ0) is 21.3. The first kappa shape index (κ1) is 20.8. The molecule has 1 aliphatic heterocycles. The summed E-state index contributed by atoms with van der Waals surface area (Å²) in [5.41, 5.74) is 2.77. The van der Waals surface area contributed by atoms with Crippen LogP contribution >= 0.6 is 18.5 Å². The minimum Gasteiger partial charge on any atom is -0.354 e. The maximum atomic E-state index is 14.6. The fraction of sp³-hybridized carbons (Fsp3) is 0.227. The molecule has 2 atom stereocenters. The number of halogens is 1. The lowest BCUT2D eigenvalue weighted by Gasteiger charge is -2.24. The molecule has 1 fully saturated rings. The van der Waals surface area contributed by atoms with Gasteiger partial charge in [-0.1, -0.05) is 18.2 Å². The van der Waals surface area contributed by atoms with Crippen LogP contribution in [0.1, 0.15) is 22.5 Å². The number of anilines is 2. The van der Waals surface area contributed by atoms with Crippen LogP contribution in [0.2, 0.25) is 0 Å². The maximum Gasteiger partial charge on any atom is 0.255 e. The quantitative estimate of drug-likeness (QED) is 0.607. The van der Waals surface area contributed by atoms with Gasteiger partial charge in [0.1, 0.15) is 5.82 Å². The molecule has 0 bridgehead atoms. The smallest absolute Gasteiger partial charge is 0.255 e. The largest absolute Gasteiger partial charge is 0.354 e. The van der Waals surface area contributed by atoms with E-state index in [4.69, 9.17) is 0 Å². The number of hydrogen-bond acceptors (Lipinski definition) is 4. The SMILES string of the molecule is Cc1cc(C(=O)Nc2c(-c3ccccc3F)ccnc2N2CCC(P)(P)C2)ccn1. The second kappa shape index (κ2) is 8.37. The summed E-state index contributed by atoms with van der Waals surface area (Å²) in [5, 5.41) is 3.00. The molecule has 1 aliphatic rings. The van der Waals surface area contributed by atoms with E-state index in [1.54, 1.807) is 48.8 Å². The molecular weight excluding hydrogens is 417 g/mol. The fourth-order valence-corrected chi connectivity index (χ4v) is 4.33. The van der Waals surface area contributed by atoms with Gasteiger partial charge in [0.25, 0.3) is 5.91 Å². The number of carbonyl (C=O) groups excluding carboxylic acids is 1. The van der Waals surface area contributed by atoms with Crippen molar-refractivity contribution in [1.82, 2.24) is 9.97 Å². The van der Waals surface area contributed by atoms with Gasteiger partial charge >= 0.3 is 0 Å². The van der Waals surface area contributed by atoms with E-state index in [0.29, 0.717) is 28.2 Å². The molecule has 8 heteroatoms. The average Bonchev–Trinajstić information content (AvgIpc) is 3.08. The number of carbonyl (C=O) groups is 1. The molecule has 1 saturated heterocycles. The first-order valence-corrected chi connectivity index (χ1v) is 10.8. The molecule has 30 heavy (non-hydrogen) atoms. The molecule has 3 aromatic rings. The Labute approximate surface area is 179 Å². The van der Waals surface area contributed by atoms with Gasteiger partial charge in [-0.25, -0.2) is 9.37 Å². The number of hydrogen-bond donors (Lipinski definition) is 1. The Balaban J connectivity index is 1.81. The number of nitrogens with one attached hydrogen (secondary N) is 1. The second-order valence-corrected chi connectivity index (χ2v) is 10.5. The fourth-order valence-electron chi connectivity index (χ4n) is 3.63. The molecule has 5 nitrogen and oxygen atoms in total. The van der Waals surface area contributed by atoms with Crippen LogP contribution in [0.5, 0.6) is 0 Å². The summed E-state index contributed by atoms with van der Waals surface area (Å²) in [6.45, 7) is 3.37. The Hall–Kier alpha value is -2.42. The van der Waals surface area contributed by atoms with Gasteiger partial charge in [-0.05, 0) is 37.6 Å². The highest BCUT2D eigenvalue weighted by Gasteiger charge is 2.32. The Morgan fingerprint density at radius 3 is 2.60 bits per heavy atom. The van der Waals surface area contributed by atoms with Gasteiger partial charge in [-0.2, -0.15) is 0 Å². The molecule has 0 radical (unpaired) electrons. The molecule has 154 valence electrons. The summed E-state index contributed by atoms with van der Waals surface area (Å²) in [4.78, 5) is 23.9. The molecule has 0 saturated carbocycles. The van der Waals surface area contributed by atoms with Gasteiger partial charge in [0.05, 0.1) is 5.69 Å².